The maximum absolute atomic E-state index is 11.9. The van der Waals surface area contributed by atoms with E-state index in [1.807, 2.05) is 31.2 Å². The summed E-state index contributed by atoms with van der Waals surface area (Å²) in [7, 11) is 0. The van der Waals surface area contributed by atoms with Gasteiger partial charge in [0, 0.05) is 24.4 Å². The first-order valence-corrected chi connectivity index (χ1v) is 6.00. The lowest BCUT2D eigenvalue weighted by atomic mass is 10.0. The molecule has 3 nitrogen and oxygen atoms in total. The summed E-state index contributed by atoms with van der Waals surface area (Å²) in [5, 5.41) is 6.06. The van der Waals surface area contributed by atoms with Crippen LogP contribution in [-0.4, -0.2) is 19.0 Å². The Morgan fingerprint density at radius 2 is 1.94 bits per heavy atom. The molecule has 90 valence electrons. The van der Waals surface area contributed by atoms with Gasteiger partial charge in [0.15, 0.2) is 0 Å². The van der Waals surface area contributed by atoms with Crippen molar-refractivity contribution in [1.82, 2.24) is 5.32 Å². The van der Waals surface area contributed by atoms with Crippen LogP contribution in [0, 0.1) is 0 Å². The summed E-state index contributed by atoms with van der Waals surface area (Å²) >= 11 is 0. The zero-order chi connectivity index (χ0) is 12.3. The van der Waals surface area contributed by atoms with E-state index < -0.39 is 0 Å². The van der Waals surface area contributed by atoms with E-state index in [2.05, 4.69) is 17.6 Å². The van der Waals surface area contributed by atoms with E-state index in [4.69, 9.17) is 0 Å². The molecule has 2 rings (SSSR count). The monoisotopic (exact) mass is 230 g/mol. The fourth-order valence-electron chi connectivity index (χ4n) is 1.72. The van der Waals surface area contributed by atoms with Crippen molar-refractivity contribution in [2.45, 2.75) is 20.3 Å². The second-order valence-corrected chi connectivity index (χ2v) is 4.34. The summed E-state index contributed by atoms with van der Waals surface area (Å²) in [5.74, 6) is 0.00532. The first-order valence-electron chi connectivity index (χ1n) is 6.00. The third kappa shape index (κ3) is 2.74. The van der Waals surface area contributed by atoms with Gasteiger partial charge in [0.1, 0.15) is 0 Å². The summed E-state index contributed by atoms with van der Waals surface area (Å²) in [6.07, 6.45) is 1.02. The minimum Gasteiger partial charge on any atom is -0.322 e. The molecule has 0 unspecified atom stereocenters. The Labute approximate surface area is 102 Å². The van der Waals surface area contributed by atoms with Crippen LogP contribution in [0.25, 0.3) is 0 Å². The number of anilines is 1. The van der Waals surface area contributed by atoms with Crippen LogP contribution < -0.4 is 10.6 Å². The van der Waals surface area contributed by atoms with Gasteiger partial charge in [-0.25, -0.2) is 0 Å². The average Bonchev–Trinajstić information content (AvgIpc) is 2.27. The van der Waals surface area contributed by atoms with Crippen LogP contribution in [0.1, 0.15) is 19.4 Å². The van der Waals surface area contributed by atoms with E-state index >= 15 is 0 Å². The lowest BCUT2D eigenvalue weighted by Crippen LogP contribution is -2.36. The highest BCUT2D eigenvalue weighted by atomic mass is 16.1. The predicted molar refractivity (Wildman–Crippen MR) is 70.0 cm³/mol. The predicted octanol–water partition coefficient (Wildman–Crippen LogP) is 2.11. The summed E-state index contributed by atoms with van der Waals surface area (Å²) in [5.41, 5.74) is 4.18. The van der Waals surface area contributed by atoms with Gasteiger partial charge in [-0.15, -0.1) is 0 Å². The van der Waals surface area contributed by atoms with Crippen molar-refractivity contribution in [3.8, 4) is 0 Å². The Hall–Kier alpha value is -1.61. The molecule has 1 aliphatic rings. The molecule has 1 heterocycles. The fraction of sp³-hybridized carbons (Fsp3) is 0.357. The molecular formula is C14H18N2O. The second kappa shape index (κ2) is 5.15. The fourth-order valence-corrected chi connectivity index (χ4v) is 1.72. The Morgan fingerprint density at radius 1 is 1.29 bits per heavy atom. The molecule has 3 heteroatoms. The quantitative estimate of drug-likeness (QED) is 0.781. The number of nitrogens with one attached hydrogen (secondary N) is 2. The number of benzene rings is 1. The molecule has 0 spiro atoms. The standard InChI is InChI=1S/C14H18N2O/c1-3-11-4-6-13(7-5-11)16-14(17)10(2)12-8-15-9-12/h4-7,15H,3,8-9H2,1-2H3,(H,16,17). The van der Waals surface area contributed by atoms with Gasteiger partial charge in [0.2, 0.25) is 0 Å². The first kappa shape index (κ1) is 11.9. The third-order valence-electron chi connectivity index (χ3n) is 3.17. The van der Waals surface area contributed by atoms with Crippen LogP contribution in [0.2, 0.25) is 0 Å². The van der Waals surface area contributed by atoms with Gasteiger partial charge in [-0.05, 0) is 36.6 Å². The number of rotatable bonds is 3. The molecule has 1 aromatic rings. The molecule has 1 amide bonds. The van der Waals surface area contributed by atoms with Gasteiger partial charge in [-0.3, -0.25) is 4.79 Å². The van der Waals surface area contributed by atoms with E-state index in [0.717, 1.165) is 30.8 Å². The number of hydrogen-bond donors (Lipinski definition) is 2. The normalized spacial score (nSPS) is 14.1. The second-order valence-electron chi connectivity index (χ2n) is 4.34. The molecule has 0 saturated carbocycles. The highest BCUT2D eigenvalue weighted by Crippen LogP contribution is 2.14. The lowest BCUT2D eigenvalue weighted by molar-refractivity contribution is -0.112. The van der Waals surface area contributed by atoms with Crippen LogP contribution >= 0.6 is 0 Å². The smallest absolute Gasteiger partial charge is 0.251 e. The Morgan fingerprint density at radius 3 is 2.41 bits per heavy atom. The molecule has 0 aliphatic carbocycles. The molecule has 1 fully saturated rings. The van der Waals surface area contributed by atoms with Crippen molar-refractivity contribution >= 4 is 11.6 Å². The van der Waals surface area contributed by atoms with Crippen LogP contribution in [-0.2, 0) is 11.2 Å². The number of carbonyl (C=O) groups excluding carboxylic acids is 1. The van der Waals surface area contributed by atoms with E-state index in [-0.39, 0.29) is 5.91 Å². The molecule has 0 bridgehead atoms. The maximum atomic E-state index is 11.9. The molecule has 17 heavy (non-hydrogen) atoms. The van der Waals surface area contributed by atoms with Gasteiger partial charge in [-0.1, -0.05) is 19.1 Å². The van der Waals surface area contributed by atoms with Gasteiger partial charge >= 0.3 is 0 Å². The van der Waals surface area contributed by atoms with Gasteiger partial charge in [0.05, 0.1) is 0 Å². The summed E-state index contributed by atoms with van der Waals surface area (Å²) in [6, 6.07) is 7.99. The lowest BCUT2D eigenvalue weighted by Gasteiger charge is -2.21. The maximum Gasteiger partial charge on any atom is 0.251 e. The topological polar surface area (TPSA) is 41.1 Å². The van der Waals surface area contributed by atoms with Crippen molar-refractivity contribution in [3.05, 3.63) is 41.0 Å². The molecular weight excluding hydrogens is 212 g/mol. The number of carbonyl (C=O) groups is 1. The van der Waals surface area contributed by atoms with Crippen molar-refractivity contribution in [2.24, 2.45) is 0 Å². The van der Waals surface area contributed by atoms with E-state index in [1.54, 1.807) is 0 Å². The Balaban J connectivity index is 2.02. The van der Waals surface area contributed by atoms with Crippen molar-refractivity contribution in [3.63, 3.8) is 0 Å². The zero-order valence-electron chi connectivity index (χ0n) is 10.3. The summed E-state index contributed by atoms with van der Waals surface area (Å²) in [4.78, 5) is 11.9. The van der Waals surface area contributed by atoms with Gasteiger partial charge < -0.3 is 10.6 Å². The highest BCUT2D eigenvalue weighted by molar-refractivity contribution is 6.04. The Kier molecular flexibility index (Phi) is 3.59. The molecule has 1 aromatic carbocycles. The molecule has 0 radical (unpaired) electrons. The van der Waals surface area contributed by atoms with Crippen molar-refractivity contribution < 1.29 is 4.79 Å². The van der Waals surface area contributed by atoms with Crippen molar-refractivity contribution in [2.75, 3.05) is 18.4 Å². The zero-order valence-corrected chi connectivity index (χ0v) is 10.3. The number of hydrogen-bond acceptors (Lipinski definition) is 2. The van der Waals surface area contributed by atoms with Crippen LogP contribution in [0.3, 0.4) is 0 Å². The van der Waals surface area contributed by atoms with E-state index in [1.165, 1.54) is 11.1 Å². The number of aryl methyl sites for hydroxylation is 1. The van der Waals surface area contributed by atoms with E-state index in [0.29, 0.717) is 0 Å². The molecule has 2 N–H and O–H groups in total. The average molecular weight is 230 g/mol. The van der Waals surface area contributed by atoms with Crippen molar-refractivity contribution in [1.29, 1.82) is 0 Å². The number of amides is 1. The van der Waals surface area contributed by atoms with Gasteiger partial charge in [-0.2, -0.15) is 0 Å². The van der Waals surface area contributed by atoms with Gasteiger partial charge in [0.25, 0.3) is 5.91 Å². The van der Waals surface area contributed by atoms with Crippen LogP contribution in [0.5, 0.6) is 0 Å². The summed E-state index contributed by atoms with van der Waals surface area (Å²) < 4.78 is 0. The van der Waals surface area contributed by atoms with Crippen LogP contribution in [0.4, 0.5) is 5.69 Å². The highest BCUT2D eigenvalue weighted by Gasteiger charge is 2.15. The third-order valence-corrected chi connectivity index (χ3v) is 3.17. The summed E-state index contributed by atoms with van der Waals surface area (Å²) in [6.45, 7) is 5.68. The first-order chi connectivity index (χ1) is 8.20. The molecule has 1 saturated heterocycles. The molecule has 0 aromatic heterocycles. The minimum absolute atomic E-state index is 0.00532. The Bertz CT molecular complexity index is 440. The molecule has 1 aliphatic heterocycles. The molecule has 0 atom stereocenters. The van der Waals surface area contributed by atoms with Crippen LogP contribution in [0.15, 0.2) is 35.4 Å². The SMILES string of the molecule is CCc1ccc(NC(=O)C(C)=C2CNC2)cc1. The minimum atomic E-state index is 0.00532. The van der Waals surface area contributed by atoms with E-state index in [9.17, 15) is 4.79 Å². The largest absolute Gasteiger partial charge is 0.322 e.